The molecule has 2 aliphatic rings. The van der Waals surface area contributed by atoms with Crippen LogP contribution in [0, 0.1) is 17.3 Å². The van der Waals surface area contributed by atoms with Gasteiger partial charge in [-0.2, -0.15) is 0 Å². The fourth-order valence-corrected chi connectivity index (χ4v) is 4.63. The van der Waals surface area contributed by atoms with E-state index < -0.39 is 0 Å². The highest BCUT2D eigenvalue weighted by Gasteiger charge is 2.48. The average molecular weight is 278 g/mol. The van der Waals surface area contributed by atoms with E-state index in [2.05, 4.69) is 77.6 Å². The van der Waals surface area contributed by atoms with Gasteiger partial charge in [0.2, 0.25) is 0 Å². The van der Waals surface area contributed by atoms with Gasteiger partial charge in [0.1, 0.15) is 0 Å². The fraction of sp³-hybridized carbons (Fsp3) is 0.889. The molecule has 2 bridgehead atoms. The molecule has 116 valence electrons. The first-order valence-electron chi connectivity index (χ1n) is 8.19. The summed E-state index contributed by atoms with van der Waals surface area (Å²) in [4.78, 5) is 5.26. The van der Waals surface area contributed by atoms with Gasteiger partial charge in [0.05, 0.1) is 0 Å². The molecule has 0 amide bonds. The maximum Gasteiger partial charge on any atom is 0.0316 e. The lowest BCUT2D eigenvalue weighted by Gasteiger charge is -2.55. The molecule has 0 aliphatic carbocycles. The van der Waals surface area contributed by atoms with Crippen LogP contribution in [0.25, 0.3) is 0 Å². The molecule has 2 heterocycles. The first kappa shape index (κ1) is 16.0. The second kappa shape index (κ2) is 5.14. The van der Waals surface area contributed by atoms with E-state index in [4.69, 9.17) is 0 Å². The predicted octanol–water partition coefficient (Wildman–Crippen LogP) is 3.64. The molecule has 1 fully saturated rings. The van der Waals surface area contributed by atoms with E-state index in [0.29, 0.717) is 29.3 Å². The zero-order valence-electron chi connectivity index (χ0n) is 14.8. The van der Waals surface area contributed by atoms with E-state index in [-0.39, 0.29) is 5.54 Å². The summed E-state index contributed by atoms with van der Waals surface area (Å²) in [6.07, 6.45) is 6.09. The van der Waals surface area contributed by atoms with Gasteiger partial charge in [-0.3, -0.25) is 4.90 Å². The van der Waals surface area contributed by atoms with Gasteiger partial charge in [-0.05, 0) is 51.6 Å². The number of nitrogens with zero attached hydrogens (tertiary/aromatic N) is 2. The van der Waals surface area contributed by atoms with Crippen LogP contribution in [0.4, 0.5) is 0 Å². The van der Waals surface area contributed by atoms with Crippen LogP contribution < -0.4 is 0 Å². The lowest BCUT2D eigenvalue weighted by molar-refractivity contribution is -0.0536. The summed E-state index contributed by atoms with van der Waals surface area (Å²) in [5.74, 6) is 1.31. The first-order valence-corrected chi connectivity index (χ1v) is 8.19. The molecule has 0 aromatic carbocycles. The number of allylic oxidation sites excluding steroid dienone is 1. The Labute approximate surface area is 126 Å². The normalized spacial score (nSPS) is 41.8. The number of hydrogen-bond acceptors (Lipinski definition) is 2. The van der Waals surface area contributed by atoms with Crippen LogP contribution in [0.3, 0.4) is 0 Å². The number of fused-ring (bicyclic) bond motifs is 2. The molecule has 2 nitrogen and oxygen atoms in total. The molecule has 0 N–H and O–H groups in total. The minimum absolute atomic E-state index is 0.236. The van der Waals surface area contributed by atoms with Crippen molar-refractivity contribution in [3.05, 3.63) is 12.2 Å². The van der Waals surface area contributed by atoms with E-state index in [0.717, 1.165) is 0 Å². The van der Waals surface area contributed by atoms with Crippen molar-refractivity contribution in [3.63, 3.8) is 0 Å². The summed E-state index contributed by atoms with van der Waals surface area (Å²) >= 11 is 0. The lowest BCUT2D eigenvalue weighted by Crippen LogP contribution is -2.63. The Bertz CT molecular complexity index is 383. The molecule has 0 radical (unpaired) electrons. The molecule has 2 rings (SSSR count). The van der Waals surface area contributed by atoms with Gasteiger partial charge in [0.25, 0.3) is 0 Å². The van der Waals surface area contributed by atoms with Crippen LogP contribution in [-0.4, -0.2) is 48.1 Å². The van der Waals surface area contributed by atoms with E-state index in [1.165, 1.54) is 13.0 Å². The summed E-state index contributed by atoms with van der Waals surface area (Å²) in [5, 5.41) is 0. The van der Waals surface area contributed by atoms with Crippen LogP contribution in [0.15, 0.2) is 12.2 Å². The smallest absolute Gasteiger partial charge is 0.0316 e. The highest BCUT2D eigenvalue weighted by atomic mass is 15.2. The number of hydrogen-bond donors (Lipinski definition) is 0. The molecule has 2 heteroatoms. The van der Waals surface area contributed by atoms with Crippen LogP contribution in [0.2, 0.25) is 0 Å². The monoisotopic (exact) mass is 278 g/mol. The van der Waals surface area contributed by atoms with Gasteiger partial charge in [0, 0.05) is 24.2 Å². The standard InChI is InChI=1S/C18H34N2/c1-13-12-19(7)18(5,6)14(2)16-17(3,4)11-9-10-15(13)20(16)8/h9-10,13-16H,11-12H2,1-8H3. The van der Waals surface area contributed by atoms with E-state index >= 15 is 0 Å². The Morgan fingerprint density at radius 2 is 1.65 bits per heavy atom. The van der Waals surface area contributed by atoms with Gasteiger partial charge < -0.3 is 4.90 Å². The maximum absolute atomic E-state index is 2.67. The highest BCUT2D eigenvalue weighted by Crippen LogP contribution is 2.44. The van der Waals surface area contributed by atoms with Gasteiger partial charge >= 0.3 is 0 Å². The second-order valence-electron chi connectivity index (χ2n) is 8.52. The molecule has 20 heavy (non-hydrogen) atoms. The minimum Gasteiger partial charge on any atom is -0.301 e. The Hall–Kier alpha value is -0.340. The Morgan fingerprint density at radius 1 is 1.05 bits per heavy atom. The Balaban J connectivity index is 2.50. The van der Waals surface area contributed by atoms with Crippen molar-refractivity contribution in [1.29, 1.82) is 0 Å². The van der Waals surface area contributed by atoms with Gasteiger partial charge in [-0.1, -0.05) is 39.8 Å². The van der Waals surface area contributed by atoms with E-state index in [9.17, 15) is 0 Å². The fourth-order valence-electron chi connectivity index (χ4n) is 4.63. The molecule has 0 aromatic heterocycles. The summed E-state index contributed by atoms with van der Waals surface area (Å²) in [6.45, 7) is 15.8. The van der Waals surface area contributed by atoms with E-state index in [1.54, 1.807) is 0 Å². The summed E-state index contributed by atoms with van der Waals surface area (Å²) in [6, 6.07) is 1.19. The van der Waals surface area contributed by atoms with Crippen molar-refractivity contribution in [3.8, 4) is 0 Å². The third kappa shape index (κ3) is 2.46. The van der Waals surface area contributed by atoms with Crippen LogP contribution >= 0.6 is 0 Å². The third-order valence-electron chi connectivity index (χ3n) is 6.40. The molecule has 4 unspecified atom stereocenters. The SMILES string of the molecule is CC1CN(C)C(C)(C)C(C)C2N(C)C1C=CCC2(C)C. The first-order chi connectivity index (χ1) is 9.09. The molecule has 4 atom stereocenters. The zero-order chi connectivity index (χ0) is 15.3. The van der Waals surface area contributed by atoms with Crippen LogP contribution in [-0.2, 0) is 0 Å². The van der Waals surface area contributed by atoms with Crippen molar-refractivity contribution in [1.82, 2.24) is 9.80 Å². The van der Waals surface area contributed by atoms with Crippen molar-refractivity contribution in [2.24, 2.45) is 17.3 Å². The van der Waals surface area contributed by atoms with Gasteiger partial charge in [0.15, 0.2) is 0 Å². The molecule has 0 spiro atoms. The molecular weight excluding hydrogens is 244 g/mol. The molecule has 1 saturated heterocycles. The highest BCUT2D eigenvalue weighted by molar-refractivity contribution is 5.11. The Kier molecular flexibility index (Phi) is 4.12. The van der Waals surface area contributed by atoms with Crippen LogP contribution in [0.1, 0.15) is 48.0 Å². The van der Waals surface area contributed by atoms with Crippen molar-refractivity contribution in [2.45, 2.75) is 65.6 Å². The Morgan fingerprint density at radius 3 is 2.25 bits per heavy atom. The minimum atomic E-state index is 0.236. The summed E-state index contributed by atoms with van der Waals surface area (Å²) in [7, 11) is 4.65. The topological polar surface area (TPSA) is 6.48 Å². The summed E-state index contributed by atoms with van der Waals surface area (Å²) in [5.41, 5.74) is 0.564. The van der Waals surface area contributed by atoms with Gasteiger partial charge in [-0.25, -0.2) is 0 Å². The largest absolute Gasteiger partial charge is 0.301 e. The van der Waals surface area contributed by atoms with E-state index in [1.807, 2.05) is 0 Å². The molecular formula is C18H34N2. The zero-order valence-corrected chi connectivity index (χ0v) is 14.8. The number of rotatable bonds is 0. The number of likely N-dealkylation sites (N-methyl/N-ethyl adjacent to an activating group) is 1. The molecule has 0 saturated carbocycles. The van der Waals surface area contributed by atoms with Crippen molar-refractivity contribution >= 4 is 0 Å². The van der Waals surface area contributed by atoms with Gasteiger partial charge in [-0.15, -0.1) is 0 Å². The predicted molar refractivity (Wildman–Crippen MR) is 87.9 cm³/mol. The molecule has 2 aliphatic heterocycles. The lowest BCUT2D eigenvalue weighted by atomic mass is 9.68. The van der Waals surface area contributed by atoms with Crippen LogP contribution in [0.5, 0.6) is 0 Å². The maximum atomic E-state index is 2.67. The quantitative estimate of drug-likeness (QED) is 0.624. The van der Waals surface area contributed by atoms with Crippen molar-refractivity contribution < 1.29 is 0 Å². The van der Waals surface area contributed by atoms with Crippen molar-refractivity contribution in [2.75, 3.05) is 20.6 Å². The molecule has 0 aromatic rings. The summed E-state index contributed by atoms with van der Waals surface area (Å²) < 4.78 is 0. The average Bonchev–Trinajstić information content (AvgIpc) is 2.43. The third-order valence-corrected chi connectivity index (χ3v) is 6.40. The second-order valence-corrected chi connectivity index (χ2v) is 8.52.